The van der Waals surface area contributed by atoms with Gasteiger partial charge in [-0.2, -0.15) is 0 Å². The van der Waals surface area contributed by atoms with Crippen LogP contribution in [0, 0.1) is 13.8 Å². The Labute approximate surface area is 214 Å². The lowest BCUT2D eigenvalue weighted by Crippen LogP contribution is -2.55. The lowest BCUT2D eigenvalue weighted by Gasteiger charge is -2.35. The highest BCUT2D eigenvalue weighted by molar-refractivity contribution is 7.92. The number of hydrogen-bond acceptors (Lipinski definition) is 4. The van der Waals surface area contributed by atoms with E-state index in [9.17, 15) is 18.0 Å². The minimum absolute atomic E-state index is 0.0684. The second-order valence-corrected chi connectivity index (χ2v) is 12.1. The number of anilines is 1. The molecule has 0 radical (unpaired) electrons. The van der Waals surface area contributed by atoms with Crippen molar-refractivity contribution < 1.29 is 18.0 Å². The Bertz CT molecular complexity index is 1160. The van der Waals surface area contributed by atoms with E-state index in [1.807, 2.05) is 33.8 Å². The van der Waals surface area contributed by atoms with Crippen molar-refractivity contribution in [1.29, 1.82) is 0 Å². The predicted molar refractivity (Wildman–Crippen MR) is 142 cm³/mol. The fraction of sp³-hybridized carbons (Fsp3) is 0.462. The third-order valence-electron chi connectivity index (χ3n) is 5.55. The summed E-state index contributed by atoms with van der Waals surface area (Å²) in [5.74, 6) is -0.799. The number of carbonyl (C=O) groups excluding carboxylic acids is 2. The molecule has 0 aliphatic rings. The predicted octanol–water partition coefficient (Wildman–Crippen LogP) is 4.44. The van der Waals surface area contributed by atoms with Crippen LogP contribution in [0.15, 0.2) is 42.5 Å². The minimum atomic E-state index is -3.79. The van der Waals surface area contributed by atoms with Gasteiger partial charge in [-0.3, -0.25) is 13.9 Å². The number of hydrogen-bond donors (Lipinski definition) is 1. The number of sulfonamides is 1. The first kappa shape index (κ1) is 28.7. The molecule has 1 N–H and O–H groups in total. The quantitative estimate of drug-likeness (QED) is 0.528. The van der Waals surface area contributed by atoms with E-state index in [4.69, 9.17) is 11.6 Å². The molecule has 0 fully saturated rings. The molecular weight excluding hydrogens is 486 g/mol. The first-order valence-electron chi connectivity index (χ1n) is 11.5. The Kier molecular flexibility index (Phi) is 9.36. The maximum atomic E-state index is 13.8. The highest BCUT2D eigenvalue weighted by Crippen LogP contribution is 2.28. The van der Waals surface area contributed by atoms with Crippen molar-refractivity contribution in [3.05, 3.63) is 64.2 Å². The van der Waals surface area contributed by atoms with E-state index < -0.39 is 34.1 Å². The average Bonchev–Trinajstić information content (AvgIpc) is 2.72. The lowest BCUT2D eigenvalue weighted by molar-refractivity contribution is -0.141. The topological polar surface area (TPSA) is 86.8 Å². The first-order chi connectivity index (χ1) is 16.2. The van der Waals surface area contributed by atoms with Crippen LogP contribution in [0.25, 0.3) is 0 Å². The summed E-state index contributed by atoms with van der Waals surface area (Å²) in [4.78, 5) is 28.4. The smallest absolute Gasteiger partial charge is 0.244 e. The minimum Gasteiger partial charge on any atom is -0.350 e. The Morgan fingerprint density at radius 2 is 1.60 bits per heavy atom. The van der Waals surface area contributed by atoms with Crippen LogP contribution >= 0.6 is 11.6 Å². The molecule has 0 heterocycles. The van der Waals surface area contributed by atoms with Crippen molar-refractivity contribution >= 4 is 39.1 Å². The number of rotatable bonds is 9. The van der Waals surface area contributed by atoms with Crippen LogP contribution in [0.5, 0.6) is 0 Å². The molecule has 7 nitrogen and oxygen atoms in total. The molecule has 2 aromatic carbocycles. The first-order valence-corrected chi connectivity index (χ1v) is 13.8. The van der Waals surface area contributed by atoms with E-state index >= 15 is 0 Å². The SMILES string of the molecule is CC[C@@H](C(=O)NC(C)(C)C)N(Cc1ccccc1Cl)C(=O)CN(c1c(C)cccc1C)S(C)(=O)=O. The molecule has 0 saturated carbocycles. The van der Waals surface area contributed by atoms with Gasteiger partial charge in [0.2, 0.25) is 21.8 Å². The second-order valence-electron chi connectivity index (χ2n) is 9.79. The van der Waals surface area contributed by atoms with E-state index in [2.05, 4.69) is 5.32 Å². The van der Waals surface area contributed by atoms with Crippen molar-refractivity contribution in [3.8, 4) is 0 Å². The van der Waals surface area contributed by atoms with Crippen LogP contribution in [-0.4, -0.2) is 49.5 Å². The molecule has 0 aromatic heterocycles. The largest absolute Gasteiger partial charge is 0.350 e. The molecule has 0 bridgehead atoms. The van der Waals surface area contributed by atoms with E-state index in [0.717, 1.165) is 21.7 Å². The molecule has 2 aromatic rings. The summed E-state index contributed by atoms with van der Waals surface area (Å²) in [6, 6.07) is 11.7. The third kappa shape index (κ3) is 7.70. The van der Waals surface area contributed by atoms with Crippen LogP contribution in [0.2, 0.25) is 5.02 Å². The summed E-state index contributed by atoms with van der Waals surface area (Å²) in [7, 11) is -3.79. The van der Waals surface area contributed by atoms with Crippen molar-refractivity contribution in [1.82, 2.24) is 10.2 Å². The van der Waals surface area contributed by atoms with Gasteiger partial charge in [-0.05, 0) is 63.8 Å². The normalized spacial score (nSPS) is 12.7. The Morgan fingerprint density at radius 1 is 1.03 bits per heavy atom. The van der Waals surface area contributed by atoms with Gasteiger partial charge >= 0.3 is 0 Å². The van der Waals surface area contributed by atoms with Gasteiger partial charge in [-0.25, -0.2) is 8.42 Å². The van der Waals surface area contributed by atoms with Gasteiger partial charge in [0.05, 0.1) is 11.9 Å². The summed E-state index contributed by atoms with van der Waals surface area (Å²) in [6.07, 6.45) is 1.43. The number of para-hydroxylation sites is 1. The van der Waals surface area contributed by atoms with Gasteiger partial charge in [-0.1, -0.05) is 54.9 Å². The molecule has 2 amide bonds. The van der Waals surface area contributed by atoms with Crippen molar-refractivity contribution in [2.45, 2.75) is 66.1 Å². The van der Waals surface area contributed by atoms with Gasteiger partial charge < -0.3 is 10.2 Å². The fourth-order valence-corrected chi connectivity index (χ4v) is 5.12. The zero-order chi connectivity index (χ0) is 26.6. The van der Waals surface area contributed by atoms with Crippen molar-refractivity contribution in [2.24, 2.45) is 0 Å². The Hall–Kier alpha value is -2.58. The van der Waals surface area contributed by atoms with Crippen LogP contribution in [0.4, 0.5) is 5.69 Å². The average molecular weight is 522 g/mol. The molecule has 1 atom stereocenters. The molecule has 9 heteroatoms. The van der Waals surface area contributed by atoms with E-state index in [-0.39, 0.29) is 12.5 Å². The molecule has 0 saturated heterocycles. The van der Waals surface area contributed by atoms with Gasteiger partial charge in [0.1, 0.15) is 12.6 Å². The summed E-state index contributed by atoms with van der Waals surface area (Å²) >= 11 is 6.38. The van der Waals surface area contributed by atoms with E-state index in [1.165, 1.54) is 4.90 Å². The summed E-state index contributed by atoms with van der Waals surface area (Å²) in [5, 5.41) is 3.41. The number of benzene rings is 2. The number of amides is 2. The van der Waals surface area contributed by atoms with Gasteiger partial charge in [0.15, 0.2) is 0 Å². The molecule has 0 unspecified atom stereocenters. The zero-order valence-electron chi connectivity index (χ0n) is 21.6. The molecule has 0 spiro atoms. The molecule has 192 valence electrons. The number of nitrogens with one attached hydrogen (secondary N) is 1. The van der Waals surface area contributed by atoms with Crippen LogP contribution in [0.3, 0.4) is 0 Å². The summed E-state index contributed by atoms with van der Waals surface area (Å²) < 4.78 is 26.8. The van der Waals surface area contributed by atoms with Crippen molar-refractivity contribution in [3.63, 3.8) is 0 Å². The second kappa shape index (κ2) is 11.4. The summed E-state index contributed by atoms with van der Waals surface area (Å²) in [5.41, 5.74) is 2.10. The molecule has 0 aliphatic heterocycles. The zero-order valence-corrected chi connectivity index (χ0v) is 23.1. The monoisotopic (exact) mass is 521 g/mol. The number of nitrogens with zero attached hydrogens (tertiary/aromatic N) is 2. The number of aryl methyl sites for hydroxylation is 2. The maximum Gasteiger partial charge on any atom is 0.244 e. The highest BCUT2D eigenvalue weighted by Gasteiger charge is 2.33. The van der Waals surface area contributed by atoms with Gasteiger partial charge in [0.25, 0.3) is 0 Å². The maximum absolute atomic E-state index is 13.8. The van der Waals surface area contributed by atoms with Crippen LogP contribution in [0.1, 0.15) is 50.8 Å². The fourth-order valence-electron chi connectivity index (χ4n) is 3.96. The van der Waals surface area contributed by atoms with Gasteiger partial charge in [-0.15, -0.1) is 0 Å². The molecule has 0 aliphatic carbocycles. The van der Waals surface area contributed by atoms with Crippen LogP contribution in [-0.2, 0) is 26.2 Å². The van der Waals surface area contributed by atoms with Crippen LogP contribution < -0.4 is 9.62 Å². The molecular formula is C26H36ClN3O4S. The standard InChI is InChI=1S/C26H36ClN3O4S/c1-8-22(25(32)28-26(4,5)6)29(16-20-14-9-10-15-21(20)27)23(31)17-30(35(7,33)34)24-18(2)12-11-13-19(24)3/h9-15,22H,8,16-17H2,1-7H3,(H,28,32)/t22-/m0/s1. The van der Waals surface area contributed by atoms with Crippen molar-refractivity contribution in [2.75, 3.05) is 17.1 Å². The molecule has 35 heavy (non-hydrogen) atoms. The molecule has 2 rings (SSSR count). The number of halogens is 1. The van der Waals surface area contributed by atoms with Gasteiger partial charge in [0, 0.05) is 17.1 Å². The van der Waals surface area contributed by atoms with E-state index in [0.29, 0.717) is 22.7 Å². The van der Waals surface area contributed by atoms with E-state index in [1.54, 1.807) is 50.2 Å². The third-order valence-corrected chi connectivity index (χ3v) is 7.03. The Morgan fingerprint density at radius 3 is 2.09 bits per heavy atom. The Balaban J connectivity index is 2.53. The number of carbonyl (C=O) groups is 2. The summed E-state index contributed by atoms with van der Waals surface area (Å²) in [6.45, 7) is 10.7. The highest BCUT2D eigenvalue weighted by atomic mass is 35.5. The lowest BCUT2D eigenvalue weighted by atomic mass is 10.1.